The maximum atomic E-state index is 13.6. The van der Waals surface area contributed by atoms with Gasteiger partial charge in [-0.2, -0.15) is 5.26 Å². The molecule has 0 radical (unpaired) electrons. The van der Waals surface area contributed by atoms with Crippen LogP contribution in [0, 0.1) is 17.1 Å². The van der Waals surface area contributed by atoms with Crippen molar-refractivity contribution in [2.75, 3.05) is 5.32 Å². The molecule has 0 aliphatic carbocycles. The van der Waals surface area contributed by atoms with Gasteiger partial charge >= 0.3 is 0 Å². The summed E-state index contributed by atoms with van der Waals surface area (Å²) < 4.78 is 13.6. The van der Waals surface area contributed by atoms with Gasteiger partial charge in [-0.3, -0.25) is 0 Å². The van der Waals surface area contributed by atoms with Crippen LogP contribution < -0.4 is 5.32 Å². The van der Waals surface area contributed by atoms with Crippen molar-refractivity contribution >= 4 is 5.95 Å². The van der Waals surface area contributed by atoms with E-state index in [1.54, 1.807) is 25.1 Å². The number of benzene rings is 1. The molecule has 0 aliphatic rings. The van der Waals surface area contributed by atoms with Gasteiger partial charge in [0, 0.05) is 11.8 Å². The highest BCUT2D eigenvalue weighted by Crippen LogP contribution is 2.19. The molecule has 1 N–H and O–H groups in total. The summed E-state index contributed by atoms with van der Waals surface area (Å²) in [6, 6.07) is 9.66. The molecule has 4 nitrogen and oxygen atoms in total. The van der Waals surface area contributed by atoms with E-state index in [2.05, 4.69) is 15.3 Å². The minimum Gasteiger partial charge on any atom is -0.348 e. The Morgan fingerprint density at radius 2 is 2.11 bits per heavy atom. The molecule has 2 rings (SSSR count). The lowest BCUT2D eigenvalue weighted by molar-refractivity contribution is 0.599. The number of nitrogens with zero attached hydrogens (tertiary/aromatic N) is 3. The van der Waals surface area contributed by atoms with Crippen molar-refractivity contribution in [1.29, 1.82) is 5.26 Å². The van der Waals surface area contributed by atoms with Gasteiger partial charge in [0.2, 0.25) is 5.95 Å². The highest BCUT2D eigenvalue weighted by Gasteiger charge is 2.11. The molecule has 0 amide bonds. The van der Waals surface area contributed by atoms with E-state index in [4.69, 9.17) is 5.26 Å². The molecule has 90 valence electrons. The average Bonchev–Trinajstić information content (AvgIpc) is 2.39. The van der Waals surface area contributed by atoms with Gasteiger partial charge in [0.05, 0.1) is 6.04 Å². The first kappa shape index (κ1) is 12.0. The number of anilines is 1. The van der Waals surface area contributed by atoms with Crippen LogP contribution in [0.2, 0.25) is 0 Å². The Kier molecular flexibility index (Phi) is 3.49. The summed E-state index contributed by atoms with van der Waals surface area (Å²) in [5.41, 5.74) is 0.802. The Hall–Kier alpha value is -2.48. The monoisotopic (exact) mass is 242 g/mol. The molecule has 0 aliphatic heterocycles. The normalized spacial score (nSPS) is 11.6. The number of halogens is 1. The Morgan fingerprint density at radius 1 is 1.33 bits per heavy atom. The first-order chi connectivity index (χ1) is 8.70. The number of aromatic nitrogens is 2. The van der Waals surface area contributed by atoms with Crippen LogP contribution in [0.25, 0.3) is 0 Å². The van der Waals surface area contributed by atoms with Crippen LogP contribution in [0.15, 0.2) is 36.5 Å². The van der Waals surface area contributed by atoms with E-state index in [1.807, 2.05) is 6.07 Å². The third kappa shape index (κ3) is 2.61. The predicted molar refractivity (Wildman–Crippen MR) is 65.2 cm³/mol. The minimum atomic E-state index is -0.283. The molecule has 5 heteroatoms. The zero-order chi connectivity index (χ0) is 13.0. The summed E-state index contributed by atoms with van der Waals surface area (Å²) in [5, 5.41) is 11.7. The Morgan fingerprint density at radius 3 is 2.83 bits per heavy atom. The molecule has 2 aromatic rings. The van der Waals surface area contributed by atoms with Crippen molar-refractivity contribution in [1.82, 2.24) is 9.97 Å². The van der Waals surface area contributed by atoms with E-state index >= 15 is 0 Å². The Bertz CT molecular complexity index is 592. The maximum Gasteiger partial charge on any atom is 0.224 e. The fraction of sp³-hybridized carbons (Fsp3) is 0.154. The van der Waals surface area contributed by atoms with Gasteiger partial charge in [0.1, 0.15) is 17.6 Å². The number of hydrogen-bond donors (Lipinski definition) is 1. The van der Waals surface area contributed by atoms with Crippen LogP contribution >= 0.6 is 0 Å². The average molecular weight is 242 g/mol. The smallest absolute Gasteiger partial charge is 0.224 e. The first-order valence-electron chi connectivity index (χ1n) is 5.45. The SMILES string of the molecule is CC(Nc1nccc(C#N)n1)c1ccccc1F. The van der Waals surface area contributed by atoms with Crippen molar-refractivity contribution in [2.24, 2.45) is 0 Å². The lowest BCUT2D eigenvalue weighted by Gasteiger charge is -2.14. The summed E-state index contributed by atoms with van der Waals surface area (Å²) in [4.78, 5) is 7.97. The number of nitriles is 1. The molecule has 0 spiro atoms. The summed E-state index contributed by atoms with van der Waals surface area (Å²) in [6.45, 7) is 1.81. The molecule has 1 aromatic heterocycles. The third-order valence-corrected chi connectivity index (χ3v) is 2.49. The molecule has 1 aromatic carbocycles. The molecule has 1 unspecified atom stereocenters. The summed E-state index contributed by atoms with van der Waals surface area (Å²) in [7, 11) is 0. The van der Waals surface area contributed by atoms with Crippen LogP contribution in [0.4, 0.5) is 10.3 Å². The van der Waals surface area contributed by atoms with Crippen molar-refractivity contribution in [3.8, 4) is 6.07 Å². The van der Waals surface area contributed by atoms with E-state index < -0.39 is 0 Å². The van der Waals surface area contributed by atoms with E-state index in [9.17, 15) is 4.39 Å². The van der Waals surface area contributed by atoms with Gasteiger partial charge in [-0.25, -0.2) is 14.4 Å². The summed E-state index contributed by atoms with van der Waals surface area (Å²) >= 11 is 0. The predicted octanol–water partition coefficient (Wildman–Crippen LogP) is 2.66. The van der Waals surface area contributed by atoms with Crippen LogP contribution in [-0.4, -0.2) is 9.97 Å². The topological polar surface area (TPSA) is 61.6 Å². The van der Waals surface area contributed by atoms with E-state index in [1.165, 1.54) is 18.3 Å². The summed E-state index contributed by atoms with van der Waals surface area (Å²) in [5.74, 6) is 0.0266. The summed E-state index contributed by atoms with van der Waals surface area (Å²) in [6.07, 6.45) is 1.49. The molecular weight excluding hydrogens is 231 g/mol. The van der Waals surface area contributed by atoms with Crippen molar-refractivity contribution in [3.05, 3.63) is 53.6 Å². The van der Waals surface area contributed by atoms with Gasteiger partial charge in [-0.1, -0.05) is 18.2 Å². The molecule has 0 fully saturated rings. The highest BCUT2D eigenvalue weighted by molar-refractivity contribution is 5.34. The highest BCUT2D eigenvalue weighted by atomic mass is 19.1. The molecule has 1 atom stereocenters. The number of hydrogen-bond acceptors (Lipinski definition) is 4. The maximum absolute atomic E-state index is 13.6. The fourth-order valence-corrected chi connectivity index (χ4v) is 1.59. The van der Waals surface area contributed by atoms with Crippen LogP contribution in [-0.2, 0) is 0 Å². The van der Waals surface area contributed by atoms with Gasteiger partial charge in [-0.15, -0.1) is 0 Å². The van der Waals surface area contributed by atoms with Crippen LogP contribution in [0.3, 0.4) is 0 Å². The van der Waals surface area contributed by atoms with E-state index in [-0.39, 0.29) is 17.6 Å². The molecule has 0 bridgehead atoms. The second kappa shape index (κ2) is 5.23. The number of rotatable bonds is 3. The Balaban J connectivity index is 2.19. The van der Waals surface area contributed by atoms with Gasteiger partial charge in [0.15, 0.2) is 0 Å². The molecular formula is C13H11FN4. The second-order valence-electron chi connectivity index (χ2n) is 3.76. The lowest BCUT2D eigenvalue weighted by atomic mass is 10.1. The molecule has 18 heavy (non-hydrogen) atoms. The zero-order valence-electron chi connectivity index (χ0n) is 9.76. The quantitative estimate of drug-likeness (QED) is 0.898. The molecule has 0 saturated carbocycles. The minimum absolute atomic E-state index is 0.272. The van der Waals surface area contributed by atoms with Gasteiger partial charge in [-0.05, 0) is 19.1 Å². The third-order valence-electron chi connectivity index (χ3n) is 2.49. The first-order valence-corrected chi connectivity index (χ1v) is 5.45. The van der Waals surface area contributed by atoms with E-state index in [0.29, 0.717) is 11.5 Å². The van der Waals surface area contributed by atoms with Crippen molar-refractivity contribution in [3.63, 3.8) is 0 Å². The fourth-order valence-electron chi connectivity index (χ4n) is 1.59. The van der Waals surface area contributed by atoms with Crippen LogP contribution in [0.1, 0.15) is 24.2 Å². The van der Waals surface area contributed by atoms with Gasteiger partial charge in [0.25, 0.3) is 0 Å². The lowest BCUT2D eigenvalue weighted by Crippen LogP contribution is -2.11. The second-order valence-corrected chi connectivity index (χ2v) is 3.76. The van der Waals surface area contributed by atoms with Crippen LogP contribution in [0.5, 0.6) is 0 Å². The van der Waals surface area contributed by atoms with E-state index in [0.717, 1.165) is 0 Å². The van der Waals surface area contributed by atoms with Crippen molar-refractivity contribution < 1.29 is 4.39 Å². The zero-order valence-corrected chi connectivity index (χ0v) is 9.76. The largest absolute Gasteiger partial charge is 0.348 e. The Labute approximate surface area is 104 Å². The van der Waals surface area contributed by atoms with Crippen molar-refractivity contribution in [2.45, 2.75) is 13.0 Å². The number of nitrogens with one attached hydrogen (secondary N) is 1. The standard InChI is InChI=1S/C13H11FN4/c1-9(11-4-2-3-5-12(11)14)17-13-16-7-6-10(8-15)18-13/h2-7,9H,1H3,(H,16,17,18). The van der Waals surface area contributed by atoms with Gasteiger partial charge < -0.3 is 5.32 Å². The molecule has 0 saturated heterocycles. The molecule has 1 heterocycles.